The van der Waals surface area contributed by atoms with Gasteiger partial charge < -0.3 is 19.5 Å². The van der Waals surface area contributed by atoms with E-state index >= 15 is 0 Å². The first-order valence-electron chi connectivity index (χ1n) is 8.79. The van der Waals surface area contributed by atoms with Gasteiger partial charge in [0.1, 0.15) is 0 Å². The van der Waals surface area contributed by atoms with E-state index in [0.717, 1.165) is 12.2 Å². The molecule has 0 spiro atoms. The van der Waals surface area contributed by atoms with Crippen LogP contribution in [-0.4, -0.2) is 48.2 Å². The zero-order valence-corrected chi connectivity index (χ0v) is 15.4. The van der Waals surface area contributed by atoms with Crippen LogP contribution in [0.2, 0.25) is 0 Å². The molecule has 0 fully saturated rings. The second-order valence-electron chi connectivity index (χ2n) is 6.40. The summed E-state index contributed by atoms with van der Waals surface area (Å²) in [5, 5.41) is 3.13. The summed E-state index contributed by atoms with van der Waals surface area (Å²) in [7, 11) is 1.66. The van der Waals surface area contributed by atoms with Crippen molar-refractivity contribution in [2.75, 3.05) is 26.8 Å². The van der Waals surface area contributed by atoms with E-state index in [0.29, 0.717) is 26.2 Å². The van der Waals surface area contributed by atoms with Gasteiger partial charge in [0.25, 0.3) is 0 Å². The van der Waals surface area contributed by atoms with Gasteiger partial charge in [0, 0.05) is 38.1 Å². The first-order valence-corrected chi connectivity index (χ1v) is 8.79. The van der Waals surface area contributed by atoms with E-state index in [1.54, 1.807) is 7.11 Å². The maximum atomic E-state index is 12.6. The predicted octanol–water partition coefficient (Wildman–Crippen LogP) is 2.51. The van der Waals surface area contributed by atoms with Gasteiger partial charge in [-0.3, -0.25) is 4.79 Å². The van der Waals surface area contributed by atoms with Gasteiger partial charge in [-0.05, 0) is 31.5 Å². The Kier molecular flexibility index (Phi) is 7.70. The Labute approximate surface area is 150 Å². The highest BCUT2D eigenvalue weighted by molar-refractivity contribution is 5.78. The van der Waals surface area contributed by atoms with Crippen LogP contribution in [0.15, 0.2) is 48.7 Å². The molecule has 0 aliphatic rings. The number of hydrogen-bond donors (Lipinski definition) is 1. The lowest BCUT2D eigenvalue weighted by Crippen LogP contribution is -2.42. The predicted molar refractivity (Wildman–Crippen MR) is 100 cm³/mol. The van der Waals surface area contributed by atoms with Crippen molar-refractivity contribution in [3.63, 3.8) is 0 Å². The molecule has 2 aromatic rings. The fourth-order valence-electron chi connectivity index (χ4n) is 2.73. The molecular formula is C20H29N3O2. The normalized spacial score (nSPS) is 11.0. The zero-order valence-electron chi connectivity index (χ0n) is 15.4. The van der Waals surface area contributed by atoms with E-state index in [-0.39, 0.29) is 11.9 Å². The molecule has 0 aliphatic carbocycles. The summed E-state index contributed by atoms with van der Waals surface area (Å²) in [5.74, 6) is 0.110. The highest BCUT2D eigenvalue weighted by atomic mass is 16.5. The number of aromatic nitrogens is 1. The first-order chi connectivity index (χ1) is 12.1. The van der Waals surface area contributed by atoms with E-state index in [1.807, 2.05) is 29.2 Å². The summed E-state index contributed by atoms with van der Waals surface area (Å²) in [6, 6.07) is 14.6. The number of benzene rings is 1. The molecule has 1 amide bonds. The molecule has 0 atom stereocenters. The number of methoxy groups -OCH3 is 1. The Bertz CT molecular complexity index is 637. The number of nitrogens with one attached hydrogen (secondary N) is 1. The van der Waals surface area contributed by atoms with Crippen molar-refractivity contribution in [2.45, 2.75) is 33.0 Å². The van der Waals surface area contributed by atoms with Gasteiger partial charge in [-0.25, -0.2) is 0 Å². The molecule has 0 bridgehead atoms. The molecular weight excluding hydrogens is 314 g/mol. The fourth-order valence-corrected chi connectivity index (χ4v) is 2.73. The number of nitrogens with zero attached hydrogens (tertiary/aromatic N) is 2. The molecule has 1 aromatic heterocycles. The van der Waals surface area contributed by atoms with Crippen molar-refractivity contribution in [3.8, 4) is 0 Å². The minimum atomic E-state index is 0.110. The van der Waals surface area contributed by atoms with E-state index in [2.05, 4.69) is 48.1 Å². The Morgan fingerprint density at radius 3 is 2.64 bits per heavy atom. The summed E-state index contributed by atoms with van der Waals surface area (Å²) in [5.41, 5.74) is 2.39. The molecule has 5 nitrogen and oxygen atoms in total. The van der Waals surface area contributed by atoms with Crippen LogP contribution in [-0.2, 0) is 22.6 Å². The molecule has 1 heterocycles. The lowest BCUT2D eigenvalue weighted by molar-refractivity contribution is -0.132. The fraction of sp³-hybridized carbons (Fsp3) is 0.450. The molecule has 1 aromatic carbocycles. The minimum Gasteiger partial charge on any atom is -0.383 e. The third-order valence-corrected chi connectivity index (χ3v) is 4.15. The first kappa shape index (κ1) is 19.2. The number of amides is 1. The highest BCUT2D eigenvalue weighted by Crippen LogP contribution is 2.12. The Morgan fingerprint density at radius 1 is 1.20 bits per heavy atom. The van der Waals surface area contributed by atoms with E-state index in [1.165, 1.54) is 5.56 Å². The SMILES string of the molecule is COCCNCC(=O)N(Cc1cccn1Cc1ccccc1)C(C)C. The van der Waals surface area contributed by atoms with Crippen molar-refractivity contribution in [2.24, 2.45) is 0 Å². The Hall–Kier alpha value is -2.11. The second kappa shape index (κ2) is 10.0. The van der Waals surface area contributed by atoms with Crippen molar-refractivity contribution >= 4 is 5.91 Å². The zero-order chi connectivity index (χ0) is 18.1. The molecule has 0 unspecified atom stereocenters. The average molecular weight is 343 g/mol. The standard InChI is InChI=1S/C20H29N3O2/c1-17(2)23(20(24)14-21-11-13-25-3)16-19-10-7-12-22(19)15-18-8-5-4-6-9-18/h4-10,12,17,21H,11,13-16H2,1-3H3. The highest BCUT2D eigenvalue weighted by Gasteiger charge is 2.18. The number of rotatable bonds is 10. The largest absolute Gasteiger partial charge is 0.383 e. The van der Waals surface area contributed by atoms with E-state index in [4.69, 9.17) is 4.74 Å². The van der Waals surface area contributed by atoms with Crippen molar-refractivity contribution in [1.29, 1.82) is 0 Å². The molecule has 1 N–H and O–H groups in total. The average Bonchev–Trinajstić information content (AvgIpc) is 3.04. The van der Waals surface area contributed by atoms with Gasteiger partial charge in [-0.2, -0.15) is 0 Å². The summed E-state index contributed by atoms with van der Waals surface area (Å²) in [6.07, 6.45) is 2.07. The number of hydrogen-bond acceptors (Lipinski definition) is 3. The summed E-state index contributed by atoms with van der Waals surface area (Å²) in [6.45, 7) is 7.15. The Balaban J connectivity index is 2.00. The number of carbonyl (C=O) groups is 1. The minimum absolute atomic E-state index is 0.110. The lowest BCUT2D eigenvalue weighted by atomic mass is 10.2. The molecule has 0 saturated heterocycles. The summed E-state index contributed by atoms with van der Waals surface area (Å²) >= 11 is 0. The quantitative estimate of drug-likeness (QED) is 0.674. The number of carbonyl (C=O) groups excluding carboxylic acids is 1. The molecule has 5 heteroatoms. The van der Waals surface area contributed by atoms with Crippen LogP contribution in [0.3, 0.4) is 0 Å². The van der Waals surface area contributed by atoms with Crippen molar-refractivity contribution < 1.29 is 9.53 Å². The van der Waals surface area contributed by atoms with Crippen LogP contribution < -0.4 is 5.32 Å². The van der Waals surface area contributed by atoms with Gasteiger partial charge in [0.05, 0.1) is 19.7 Å². The summed E-state index contributed by atoms with van der Waals surface area (Å²) < 4.78 is 7.20. The van der Waals surface area contributed by atoms with Crippen LogP contribution in [0.25, 0.3) is 0 Å². The topological polar surface area (TPSA) is 46.5 Å². The maximum absolute atomic E-state index is 12.6. The number of ether oxygens (including phenoxy) is 1. The molecule has 0 radical (unpaired) electrons. The van der Waals surface area contributed by atoms with E-state index < -0.39 is 0 Å². The van der Waals surface area contributed by atoms with Crippen LogP contribution in [0.4, 0.5) is 0 Å². The van der Waals surface area contributed by atoms with Crippen LogP contribution in [0.5, 0.6) is 0 Å². The van der Waals surface area contributed by atoms with Crippen LogP contribution >= 0.6 is 0 Å². The van der Waals surface area contributed by atoms with Crippen LogP contribution in [0, 0.1) is 0 Å². The third-order valence-electron chi connectivity index (χ3n) is 4.15. The smallest absolute Gasteiger partial charge is 0.237 e. The molecule has 136 valence electrons. The van der Waals surface area contributed by atoms with Gasteiger partial charge in [-0.15, -0.1) is 0 Å². The second-order valence-corrected chi connectivity index (χ2v) is 6.40. The van der Waals surface area contributed by atoms with Crippen LogP contribution in [0.1, 0.15) is 25.1 Å². The lowest BCUT2D eigenvalue weighted by Gasteiger charge is -2.27. The third kappa shape index (κ3) is 6.03. The molecule has 25 heavy (non-hydrogen) atoms. The monoisotopic (exact) mass is 343 g/mol. The molecule has 0 aliphatic heterocycles. The van der Waals surface area contributed by atoms with E-state index in [9.17, 15) is 4.79 Å². The van der Waals surface area contributed by atoms with Gasteiger partial charge >= 0.3 is 0 Å². The van der Waals surface area contributed by atoms with Crippen molar-refractivity contribution in [3.05, 3.63) is 59.9 Å². The van der Waals surface area contributed by atoms with Gasteiger partial charge in [0.15, 0.2) is 0 Å². The molecule has 2 rings (SSSR count). The van der Waals surface area contributed by atoms with Gasteiger partial charge in [-0.1, -0.05) is 30.3 Å². The molecule has 0 saturated carbocycles. The maximum Gasteiger partial charge on any atom is 0.237 e. The Morgan fingerprint density at radius 2 is 1.96 bits per heavy atom. The van der Waals surface area contributed by atoms with Crippen molar-refractivity contribution in [1.82, 2.24) is 14.8 Å². The van der Waals surface area contributed by atoms with Gasteiger partial charge in [0.2, 0.25) is 5.91 Å². The summed E-state index contributed by atoms with van der Waals surface area (Å²) in [4.78, 5) is 14.5.